The number of carbonyl (C=O) groups is 1. The summed E-state index contributed by atoms with van der Waals surface area (Å²) in [6.45, 7) is 4.82. The smallest absolute Gasteiger partial charge is 0.156 e. The van der Waals surface area contributed by atoms with E-state index in [1.54, 1.807) is 11.1 Å². The van der Waals surface area contributed by atoms with Gasteiger partial charge in [-0.3, -0.25) is 4.79 Å². The fourth-order valence-electron chi connectivity index (χ4n) is 5.91. The van der Waals surface area contributed by atoms with Crippen LogP contribution >= 0.6 is 0 Å². The van der Waals surface area contributed by atoms with Crippen molar-refractivity contribution < 1.29 is 4.79 Å². The van der Waals surface area contributed by atoms with E-state index in [4.69, 9.17) is 0 Å². The molecule has 20 heavy (non-hydrogen) atoms. The quantitative estimate of drug-likeness (QED) is 0.616. The molecule has 4 aliphatic rings. The van der Waals surface area contributed by atoms with Crippen LogP contribution in [0.4, 0.5) is 0 Å². The molecule has 2 saturated carbocycles. The molecule has 0 saturated heterocycles. The van der Waals surface area contributed by atoms with E-state index in [9.17, 15) is 4.79 Å². The van der Waals surface area contributed by atoms with E-state index in [-0.39, 0.29) is 0 Å². The Morgan fingerprint density at radius 3 is 2.90 bits per heavy atom. The van der Waals surface area contributed by atoms with Gasteiger partial charge >= 0.3 is 0 Å². The largest absolute Gasteiger partial charge is 0.295 e. The highest BCUT2D eigenvalue weighted by molar-refractivity contribution is 5.93. The number of ketones is 1. The van der Waals surface area contributed by atoms with Crippen LogP contribution in [0.5, 0.6) is 0 Å². The van der Waals surface area contributed by atoms with Crippen LogP contribution in [-0.2, 0) is 4.79 Å². The Bertz CT molecular complexity index is 524. The molecule has 1 nitrogen and oxygen atoms in total. The average Bonchev–Trinajstić information content (AvgIpc) is 2.79. The normalized spacial score (nSPS) is 43.8. The fourth-order valence-corrected chi connectivity index (χ4v) is 5.91. The number of hydrogen-bond donors (Lipinski definition) is 0. The minimum absolute atomic E-state index is 0.358. The predicted molar refractivity (Wildman–Crippen MR) is 81.3 cm³/mol. The molecule has 0 heterocycles. The number of allylic oxidation sites excluding steroid dienone is 4. The van der Waals surface area contributed by atoms with Gasteiger partial charge in [0.15, 0.2) is 5.78 Å². The average molecular weight is 270 g/mol. The van der Waals surface area contributed by atoms with Gasteiger partial charge in [-0.1, -0.05) is 25.8 Å². The van der Waals surface area contributed by atoms with Crippen LogP contribution in [0.25, 0.3) is 0 Å². The lowest BCUT2D eigenvalue weighted by molar-refractivity contribution is -0.115. The fraction of sp³-hybridized carbons (Fsp3) is 0.737. The Kier molecular flexibility index (Phi) is 2.78. The Balaban J connectivity index is 1.78. The Morgan fingerprint density at radius 2 is 2.05 bits per heavy atom. The Hall–Kier alpha value is -0.850. The molecule has 0 spiro atoms. The Labute approximate surface area is 122 Å². The second-order valence-electron chi connectivity index (χ2n) is 7.98. The van der Waals surface area contributed by atoms with Crippen LogP contribution < -0.4 is 0 Å². The summed E-state index contributed by atoms with van der Waals surface area (Å²) in [6.07, 6.45) is 12.2. The summed E-state index contributed by atoms with van der Waals surface area (Å²) in [4.78, 5) is 11.8. The molecule has 4 rings (SSSR count). The molecule has 1 unspecified atom stereocenters. The van der Waals surface area contributed by atoms with Gasteiger partial charge in [-0.05, 0) is 78.9 Å². The van der Waals surface area contributed by atoms with Crippen molar-refractivity contribution in [3.05, 3.63) is 22.8 Å². The van der Waals surface area contributed by atoms with Crippen LogP contribution in [0, 0.1) is 23.2 Å². The van der Waals surface area contributed by atoms with E-state index in [0.717, 1.165) is 24.7 Å². The molecule has 0 aromatic carbocycles. The summed E-state index contributed by atoms with van der Waals surface area (Å²) in [7, 11) is 0. The molecule has 108 valence electrons. The Morgan fingerprint density at radius 1 is 1.20 bits per heavy atom. The highest BCUT2D eigenvalue weighted by atomic mass is 16.1. The SMILES string of the molecule is CC1CC(=O)C=C2CC[C@@H]3C(=C21)CC[C@]1(C)CCC[C@@H]31. The van der Waals surface area contributed by atoms with Crippen molar-refractivity contribution >= 4 is 5.78 Å². The van der Waals surface area contributed by atoms with Gasteiger partial charge in [-0.15, -0.1) is 0 Å². The van der Waals surface area contributed by atoms with Crippen molar-refractivity contribution in [1.29, 1.82) is 0 Å². The summed E-state index contributed by atoms with van der Waals surface area (Å²) in [6, 6.07) is 0. The van der Waals surface area contributed by atoms with Crippen molar-refractivity contribution in [2.24, 2.45) is 23.2 Å². The molecule has 0 aliphatic heterocycles. The molecular formula is C19H26O. The maximum absolute atomic E-state index is 11.8. The maximum atomic E-state index is 11.8. The first-order valence-electron chi connectivity index (χ1n) is 8.55. The zero-order valence-corrected chi connectivity index (χ0v) is 12.9. The van der Waals surface area contributed by atoms with Gasteiger partial charge in [0.2, 0.25) is 0 Å². The van der Waals surface area contributed by atoms with Crippen molar-refractivity contribution in [2.75, 3.05) is 0 Å². The lowest BCUT2D eigenvalue weighted by atomic mass is 9.57. The third-order valence-electron chi connectivity index (χ3n) is 6.81. The highest BCUT2D eigenvalue weighted by Crippen LogP contribution is 2.60. The third kappa shape index (κ3) is 1.71. The summed E-state index contributed by atoms with van der Waals surface area (Å²) >= 11 is 0. The second-order valence-corrected chi connectivity index (χ2v) is 7.98. The van der Waals surface area contributed by atoms with Gasteiger partial charge in [-0.2, -0.15) is 0 Å². The van der Waals surface area contributed by atoms with E-state index in [1.807, 2.05) is 6.08 Å². The molecule has 2 fully saturated rings. The first kappa shape index (κ1) is 12.9. The van der Waals surface area contributed by atoms with Gasteiger partial charge in [0.25, 0.3) is 0 Å². The monoisotopic (exact) mass is 270 g/mol. The van der Waals surface area contributed by atoms with Gasteiger partial charge in [0.1, 0.15) is 0 Å². The van der Waals surface area contributed by atoms with Crippen LogP contribution in [0.15, 0.2) is 22.8 Å². The summed E-state index contributed by atoms with van der Waals surface area (Å²) < 4.78 is 0. The lowest BCUT2D eigenvalue weighted by Gasteiger charge is -2.48. The first-order valence-corrected chi connectivity index (χ1v) is 8.55. The van der Waals surface area contributed by atoms with E-state index >= 15 is 0 Å². The molecule has 0 aromatic heterocycles. The van der Waals surface area contributed by atoms with Crippen molar-refractivity contribution in [2.45, 2.75) is 65.2 Å². The van der Waals surface area contributed by atoms with E-state index in [0.29, 0.717) is 17.1 Å². The predicted octanol–water partition coefficient (Wildman–Crippen LogP) is 4.83. The number of rotatable bonds is 0. The number of fused-ring (bicyclic) bond motifs is 4. The lowest BCUT2D eigenvalue weighted by Crippen LogP contribution is -2.37. The van der Waals surface area contributed by atoms with Crippen molar-refractivity contribution in [1.82, 2.24) is 0 Å². The third-order valence-corrected chi connectivity index (χ3v) is 6.81. The first-order chi connectivity index (χ1) is 9.58. The zero-order valence-electron chi connectivity index (χ0n) is 12.9. The van der Waals surface area contributed by atoms with E-state index < -0.39 is 0 Å². The minimum atomic E-state index is 0.358. The maximum Gasteiger partial charge on any atom is 0.156 e. The topological polar surface area (TPSA) is 17.1 Å². The molecule has 0 bridgehead atoms. The number of carbonyl (C=O) groups excluding carboxylic acids is 1. The van der Waals surface area contributed by atoms with E-state index in [2.05, 4.69) is 13.8 Å². The van der Waals surface area contributed by atoms with Gasteiger partial charge < -0.3 is 0 Å². The van der Waals surface area contributed by atoms with Crippen LogP contribution in [-0.4, -0.2) is 5.78 Å². The molecule has 0 amide bonds. The second kappa shape index (κ2) is 4.32. The molecule has 4 aliphatic carbocycles. The summed E-state index contributed by atoms with van der Waals surface area (Å²) in [5.74, 6) is 2.62. The van der Waals surface area contributed by atoms with Crippen LogP contribution in [0.3, 0.4) is 0 Å². The van der Waals surface area contributed by atoms with Crippen LogP contribution in [0.2, 0.25) is 0 Å². The molecule has 0 radical (unpaired) electrons. The van der Waals surface area contributed by atoms with E-state index in [1.165, 1.54) is 44.1 Å². The van der Waals surface area contributed by atoms with Gasteiger partial charge in [0, 0.05) is 6.42 Å². The summed E-state index contributed by atoms with van der Waals surface area (Å²) in [5.41, 5.74) is 5.42. The minimum Gasteiger partial charge on any atom is -0.295 e. The van der Waals surface area contributed by atoms with Crippen molar-refractivity contribution in [3.63, 3.8) is 0 Å². The van der Waals surface area contributed by atoms with Gasteiger partial charge in [-0.25, -0.2) is 0 Å². The molecule has 0 N–H and O–H groups in total. The molecular weight excluding hydrogens is 244 g/mol. The number of hydrogen-bond acceptors (Lipinski definition) is 1. The highest BCUT2D eigenvalue weighted by Gasteiger charge is 2.49. The molecule has 4 atom stereocenters. The van der Waals surface area contributed by atoms with Crippen molar-refractivity contribution in [3.8, 4) is 0 Å². The summed E-state index contributed by atoms with van der Waals surface area (Å²) in [5, 5.41) is 0. The van der Waals surface area contributed by atoms with Crippen LogP contribution in [0.1, 0.15) is 65.2 Å². The molecule has 0 aromatic rings. The standard InChI is InChI=1S/C19H26O/c1-12-10-14(20)11-13-5-6-15-16(18(12)13)7-9-19(2)8-3-4-17(15)19/h11-12,15,17H,3-10H2,1-2H3/t12?,15-,17+,19+/m1/s1. The van der Waals surface area contributed by atoms with Gasteiger partial charge in [0.05, 0.1) is 0 Å². The molecule has 1 heteroatoms. The zero-order chi connectivity index (χ0) is 13.9.